The Hall–Kier alpha value is -2.38. The number of nitro groups is 1. The zero-order chi connectivity index (χ0) is 16.8. The van der Waals surface area contributed by atoms with Crippen molar-refractivity contribution in [2.75, 3.05) is 13.2 Å². The SMILES string of the molecule is CCOc1ccc(C(C)NC(CO)c2ccco2)cc1[N+](=O)[O-]. The van der Waals surface area contributed by atoms with Gasteiger partial charge in [0.25, 0.3) is 0 Å². The van der Waals surface area contributed by atoms with E-state index in [9.17, 15) is 15.2 Å². The van der Waals surface area contributed by atoms with Crippen molar-refractivity contribution >= 4 is 5.69 Å². The molecule has 0 spiro atoms. The smallest absolute Gasteiger partial charge is 0.311 e. The van der Waals surface area contributed by atoms with Crippen molar-refractivity contribution in [2.45, 2.75) is 25.9 Å². The number of hydrogen-bond acceptors (Lipinski definition) is 6. The molecule has 0 fully saturated rings. The second kappa shape index (κ2) is 7.75. The molecule has 0 bridgehead atoms. The summed E-state index contributed by atoms with van der Waals surface area (Å²) in [5.74, 6) is 0.859. The summed E-state index contributed by atoms with van der Waals surface area (Å²) in [5, 5.41) is 23.9. The van der Waals surface area contributed by atoms with Crippen molar-refractivity contribution in [3.05, 3.63) is 58.0 Å². The number of aliphatic hydroxyl groups excluding tert-OH is 1. The molecule has 1 aromatic carbocycles. The minimum absolute atomic E-state index is 0.0726. The molecule has 2 rings (SSSR count). The third-order valence-corrected chi connectivity index (χ3v) is 3.50. The van der Waals surface area contributed by atoms with Crippen LogP contribution in [0.4, 0.5) is 5.69 Å². The van der Waals surface area contributed by atoms with Crippen LogP contribution in [0.1, 0.15) is 37.3 Å². The molecule has 1 aromatic heterocycles. The van der Waals surface area contributed by atoms with Crippen LogP contribution in [0.15, 0.2) is 41.0 Å². The Morgan fingerprint density at radius 2 is 2.22 bits per heavy atom. The van der Waals surface area contributed by atoms with Crippen molar-refractivity contribution in [1.29, 1.82) is 0 Å². The van der Waals surface area contributed by atoms with Gasteiger partial charge in [-0.15, -0.1) is 0 Å². The van der Waals surface area contributed by atoms with Crippen molar-refractivity contribution in [3.63, 3.8) is 0 Å². The third kappa shape index (κ3) is 4.08. The van der Waals surface area contributed by atoms with Gasteiger partial charge in [0.2, 0.25) is 0 Å². The van der Waals surface area contributed by atoms with Crippen molar-refractivity contribution in [1.82, 2.24) is 5.32 Å². The van der Waals surface area contributed by atoms with Crippen LogP contribution in [-0.2, 0) is 0 Å². The molecule has 2 unspecified atom stereocenters. The topological polar surface area (TPSA) is 97.8 Å². The maximum absolute atomic E-state index is 11.2. The molecule has 0 aliphatic carbocycles. The Bertz CT molecular complexity index is 642. The van der Waals surface area contributed by atoms with E-state index in [1.807, 2.05) is 6.92 Å². The fourth-order valence-electron chi connectivity index (χ4n) is 2.34. The van der Waals surface area contributed by atoms with Crippen LogP contribution >= 0.6 is 0 Å². The molecule has 0 saturated carbocycles. The molecule has 2 atom stereocenters. The van der Waals surface area contributed by atoms with Gasteiger partial charge in [0, 0.05) is 12.1 Å². The van der Waals surface area contributed by atoms with E-state index in [-0.39, 0.29) is 30.1 Å². The van der Waals surface area contributed by atoms with E-state index >= 15 is 0 Å². The normalized spacial score (nSPS) is 13.5. The highest BCUT2D eigenvalue weighted by molar-refractivity contribution is 5.49. The Kier molecular flexibility index (Phi) is 5.72. The van der Waals surface area contributed by atoms with Crippen LogP contribution in [0.25, 0.3) is 0 Å². The number of nitro benzene ring substituents is 1. The van der Waals surface area contributed by atoms with Gasteiger partial charge in [0.1, 0.15) is 5.76 Å². The zero-order valence-corrected chi connectivity index (χ0v) is 13.1. The summed E-state index contributed by atoms with van der Waals surface area (Å²) in [6, 6.07) is 7.76. The summed E-state index contributed by atoms with van der Waals surface area (Å²) >= 11 is 0. The molecule has 0 saturated heterocycles. The van der Waals surface area contributed by atoms with Gasteiger partial charge >= 0.3 is 5.69 Å². The van der Waals surface area contributed by atoms with E-state index in [2.05, 4.69) is 5.32 Å². The molecule has 1 heterocycles. The van der Waals surface area contributed by atoms with Crippen LogP contribution in [0, 0.1) is 10.1 Å². The fourth-order valence-corrected chi connectivity index (χ4v) is 2.34. The average Bonchev–Trinajstić information content (AvgIpc) is 3.07. The zero-order valence-electron chi connectivity index (χ0n) is 13.1. The van der Waals surface area contributed by atoms with E-state index < -0.39 is 4.92 Å². The van der Waals surface area contributed by atoms with Gasteiger partial charge in [-0.1, -0.05) is 6.07 Å². The van der Waals surface area contributed by atoms with Gasteiger partial charge in [-0.3, -0.25) is 15.4 Å². The van der Waals surface area contributed by atoms with Crippen molar-refractivity contribution in [3.8, 4) is 5.75 Å². The summed E-state index contributed by atoms with van der Waals surface area (Å²) in [4.78, 5) is 10.7. The van der Waals surface area contributed by atoms with E-state index in [4.69, 9.17) is 9.15 Å². The number of benzene rings is 1. The Balaban J connectivity index is 2.20. The van der Waals surface area contributed by atoms with Crippen LogP contribution in [0.5, 0.6) is 5.75 Å². The predicted octanol–water partition coefficient (Wildman–Crippen LogP) is 2.97. The lowest BCUT2D eigenvalue weighted by atomic mass is 10.1. The van der Waals surface area contributed by atoms with E-state index in [1.165, 1.54) is 12.3 Å². The molecule has 0 aliphatic heterocycles. The molecule has 124 valence electrons. The van der Waals surface area contributed by atoms with Crippen LogP contribution in [0.3, 0.4) is 0 Å². The first-order chi connectivity index (χ1) is 11.1. The number of furan rings is 1. The Morgan fingerprint density at radius 3 is 2.78 bits per heavy atom. The monoisotopic (exact) mass is 320 g/mol. The van der Waals surface area contributed by atoms with Gasteiger partial charge < -0.3 is 14.3 Å². The number of nitrogens with one attached hydrogen (secondary N) is 1. The van der Waals surface area contributed by atoms with E-state index in [0.29, 0.717) is 12.4 Å². The fraction of sp³-hybridized carbons (Fsp3) is 0.375. The third-order valence-electron chi connectivity index (χ3n) is 3.50. The quantitative estimate of drug-likeness (QED) is 0.573. The highest BCUT2D eigenvalue weighted by Gasteiger charge is 2.21. The molecular weight excluding hydrogens is 300 g/mol. The molecule has 2 N–H and O–H groups in total. The Morgan fingerprint density at radius 1 is 1.43 bits per heavy atom. The maximum atomic E-state index is 11.2. The summed E-state index contributed by atoms with van der Waals surface area (Å²) in [6.07, 6.45) is 1.53. The number of ether oxygens (including phenoxy) is 1. The minimum atomic E-state index is -0.461. The molecular formula is C16H20N2O5. The number of rotatable bonds is 8. The summed E-state index contributed by atoms with van der Waals surface area (Å²) < 4.78 is 10.6. The number of aliphatic hydroxyl groups is 1. The lowest BCUT2D eigenvalue weighted by Crippen LogP contribution is -2.27. The highest BCUT2D eigenvalue weighted by atomic mass is 16.6. The maximum Gasteiger partial charge on any atom is 0.311 e. The average molecular weight is 320 g/mol. The summed E-state index contributed by atoms with van der Waals surface area (Å²) in [7, 11) is 0. The molecule has 23 heavy (non-hydrogen) atoms. The van der Waals surface area contributed by atoms with Gasteiger partial charge in [-0.05, 0) is 37.6 Å². The van der Waals surface area contributed by atoms with Crippen LogP contribution in [0.2, 0.25) is 0 Å². The Labute approximate surface area is 134 Å². The first kappa shape index (κ1) is 17.0. The van der Waals surface area contributed by atoms with Crippen molar-refractivity contribution in [2.24, 2.45) is 0 Å². The number of hydrogen-bond donors (Lipinski definition) is 2. The number of nitrogens with zero attached hydrogens (tertiary/aromatic N) is 1. The predicted molar refractivity (Wildman–Crippen MR) is 84.4 cm³/mol. The highest BCUT2D eigenvalue weighted by Crippen LogP contribution is 2.31. The second-order valence-electron chi connectivity index (χ2n) is 5.06. The minimum Gasteiger partial charge on any atom is -0.487 e. The lowest BCUT2D eigenvalue weighted by molar-refractivity contribution is -0.385. The second-order valence-corrected chi connectivity index (χ2v) is 5.06. The largest absolute Gasteiger partial charge is 0.487 e. The van der Waals surface area contributed by atoms with Gasteiger partial charge in [0.05, 0.1) is 30.4 Å². The summed E-state index contributed by atoms with van der Waals surface area (Å²) in [5.41, 5.74) is 0.654. The van der Waals surface area contributed by atoms with Crippen LogP contribution < -0.4 is 10.1 Å². The van der Waals surface area contributed by atoms with Crippen molar-refractivity contribution < 1.29 is 19.2 Å². The van der Waals surface area contributed by atoms with Crippen LogP contribution in [-0.4, -0.2) is 23.2 Å². The standard InChI is InChI=1S/C16H20N2O5/c1-3-22-16-7-6-12(9-14(16)18(20)21)11(2)17-13(10-19)15-5-4-8-23-15/h4-9,11,13,17,19H,3,10H2,1-2H3. The molecule has 2 aromatic rings. The lowest BCUT2D eigenvalue weighted by Gasteiger charge is -2.20. The van der Waals surface area contributed by atoms with Gasteiger partial charge in [-0.2, -0.15) is 0 Å². The van der Waals surface area contributed by atoms with Gasteiger partial charge in [0.15, 0.2) is 5.75 Å². The van der Waals surface area contributed by atoms with E-state index in [0.717, 1.165) is 5.56 Å². The molecule has 0 amide bonds. The molecule has 0 radical (unpaired) electrons. The first-order valence-electron chi connectivity index (χ1n) is 7.38. The molecule has 7 nitrogen and oxygen atoms in total. The molecule has 0 aliphatic rings. The first-order valence-corrected chi connectivity index (χ1v) is 7.38. The summed E-state index contributed by atoms with van der Waals surface area (Å²) in [6.45, 7) is 3.86. The molecule has 7 heteroatoms. The van der Waals surface area contributed by atoms with Gasteiger partial charge in [-0.25, -0.2) is 0 Å². The van der Waals surface area contributed by atoms with E-state index in [1.54, 1.807) is 31.2 Å².